The molecule has 1 N–H and O–H groups in total. The van der Waals surface area contributed by atoms with E-state index in [4.69, 9.17) is 5.11 Å². The first-order valence-electron chi connectivity index (χ1n) is 6.65. The average Bonchev–Trinajstić information content (AvgIpc) is 3.20. The fourth-order valence-electron chi connectivity index (χ4n) is 2.14. The van der Waals surface area contributed by atoms with E-state index in [1.165, 1.54) is 11.8 Å². The van der Waals surface area contributed by atoms with Crippen LogP contribution in [0.25, 0.3) is 0 Å². The zero-order chi connectivity index (χ0) is 14.8. The van der Waals surface area contributed by atoms with Gasteiger partial charge in [-0.2, -0.15) is 0 Å². The third-order valence-corrected chi connectivity index (χ3v) is 4.69. The van der Waals surface area contributed by atoms with Crippen LogP contribution < -0.4 is 0 Å². The molecule has 5 nitrogen and oxygen atoms in total. The lowest BCUT2D eigenvalue weighted by molar-refractivity contribution is -0.133. The quantitative estimate of drug-likeness (QED) is 0.794. The number of thioether (sulfide) groups is 1. The number of hydrogen-bond acceptors (Lipinski definition) is 4. The minimum atomic E-state index is -0.843. The van der Waals surface area contributed by atoms with Crippen molar-refractivity contribution in [1.29, 1.82) is 0 Å². The highest BCUT2D eigenvalue weighted by atomic mass is 79.9. The van der Waals surface area contributed by atoms with Crippen molar-refractivity contribution in [2.24, 2.45) is 0 Å². The van der Waals surface area contributed by atoms with Gasteiger partial charge in [0.25, 0.3) is 0 Å². The van der Waals surface area contributed by atoms with Crippen molar-refractivity contribution < 1.29 is 9.90 Å². The number of aromatic nitrogens is 3. The molecule has 1 aliphatic carbocycles. The highest BCUT2D eigenvalue weighted by Crippen LogP contribution is 2.40. The summed E-state index contributed by atoms with van der Waals surface area (Å²) in [4.78, 5) is 10.8. The van der Waals surface area contributed by atoms with Gasteiger partial charge in [0.15, 0.2) is 5.16 Å². The molecule has 1 fully saturated rings. The maximum absolute atomic E-state index is 10.8. The van der Waals surface area contributed by atoms with E-state index in [0.29, 0.717) is 17.6 Å². The SMILES string of the molecule is O=C(O)CSc1nnc(C2CC2)n1Cc1cccc(Br)c1. The van der Waals surface area contributed by atoms with Gasteiger partial charge in [0.2, 0.25) is 0 Å². The van der Waals surface area contributed by atoms with E-state index in [-0.39, 0.29) is 5.75 Å². The van der Waals surface area contributed by atoms with Gasteiger partial charge in [0.05, 0.1) is 12.3 Å². The van der Waals surface area contributed by atoms with Crippen LogP contribution in [0.3, 0.4) is 0 Å². The van der Waals surface area contributed by atoms with Gasteiger partial charge < -0.3 is 9.67 Å². The fraction of sp³-hybridized carbons (Fsp3) is 0.357. The second-order valence-corrected chi connectivity index (χ2v) is 6.87. The summed E-state index contributed by atoms with van der Waals surface area (Å²) < 4.78 is 3.08. The lowest BCUT2D eigenvalue weighted by Gasteiger charge is -2.09. The van der Waals surface area contributed by atoms with Gasteiger partial charge >= 0.3 is 5.97 Å². The van der Waals surface area contributed by atoms with Crippen LogP contribution in [0.2, 0.25) is 0 Å². The molecular formula is C14H14BrN3O2S. The smallest absolute Gasteiger partial charge is 0.313 e. The van der Waals surface area contributed by atoms with Gasteiger partial charge in [0.1, 0.15) is 5.82 Å². The molecule has 3 rings (SSSR count). The first-order chi connectivity index (χ1) is 10.1. The van der Waals surface area contributed by atoms with Crippen molar-refractivity contribution in [3.63, 3.8) is 0 Å². The number of carbonyl (C=O) groups is 1. The number of nitrogens with zero attached hydrogens (tertiary/aromatic N) is 3. The highest BCUT2D eigenvalue weighted by Gasteiger charge is 2.30. The lowest BCUT2D eigenvalue weighted by atomic mass is 10.2. The van der Waals surface area contributed by atoms with E-state index < -0.39 is 5.97 Å². The second-order valence-electron chi connectivity index (χ2n) is 5.01. The van der Waals surface area contributed by atoms with E-state index in [9.17, 15) is 4.79 Å². The molecule has 0 radical (unpaired) electrons. The van der Waals surface area contributed by atoms with Crippen molar-refractivity contribution in [1.82, 2.24) is 14.8 Å². The zero-order valence-electron chi connectivity index (χ0n) is 11.2. The summed E-state index contributed by atoms with van der Waals surface area (Å²) in [6.07, 6.45) is 2.28. The van der Waals surface area contributed by atoms with Gasteiger partial charge in [-0.3, -0.25) is 4.79 Å². The molecule has 21 heavy (non-hydrogen) atoms. The molecular weight excluding hydrogens is 354 g/mol. The number of hydrogen-bond donors (Lipinski definition) is 1. The van der Waals surface area contributed by atoms with Gasteiger partial charge in [-0.25, -0.2) is 0 Å². The Morgan fingerprint density at radius 2 is 2.24 bits per heavy atom. The van der Waals surface area contributed by atoms with Crippen molar-refractivity contribution in [2.75, 3.05) is 5.75 Å². The minimum absolute atomic E-state index is 0.00127. The normalized spacial score (nSPS) is 14.3. The van der Waals surface area contributed by atoms with Gasteiger partial charge in [-0.1, -0.05) is 39.8 Å². The first kappa shape index (κ1) is 14.6. The molecule has 7 heteroatoms. The largest absolute Gasteiger partial charge is 0.481 e. The average molecular weight is 368 g/mol. The van der Waals surface area contributed by atoms with Crippen LogP contribution in [0.1, 0.15) is 30.1 Å². The summed E-state index contributed by atoms with van der Waals surface area (Å²) in [5, 5.41) is 17.9. The second kappa shape index (κ2) is 6.19. The lowest BCUT2D eigenvalue weighted by Crippen LogP contribution is -2.07. The molecule has 1 aromatic carbocycles. The molecule has 2 aromatic rings. The van der Waals surface area contributed by atoms with Crippen molar-refractivity contribution in [3.05, 3.63) is 40.1 Å². The molecule has 110 valence electrons. The van der Waals surface area contributed by atoms with Gasteiger partial charge in [-0.15, -0.1) is 10.2 Å². The number of aliphatic carboxylic acids is 1. The highest BCUT2D eigenvalue weighted by molar-refractivity contribution is 9.10. The van der Waals surface area contributed by atoms with Crippen LogP contribution >= 0.6 is 27.7 Å². The van der Waals surface area contributed by atoms with Crippen molar-refractivity contribution >= 4 is 33.7 Å². The Labute approximate surface area is 134 Å². The number of carboxylic acids is 1. The summed E-state index contributed by atoms with van der Waals surface area (Å²) in [7, 11) is 0. The molecule has 0 amide bonds. The van der Waals surface area contributed by atoms with Crippen LogP contribution in [0.4, 0.5) is 0 Å². The van der Waals surface area contributed by atoms with Crippen LogP contribution in [0, 0.1) is 0 Å². The van der Waals surface area contributed by atoms with E-state index in [1.54, 1.807) is 0 Å². The molecule has 0 unspecified atom stereocenters. The molecule has 0 spiro atoms. The molecule has 0 bridgehead atoms. The maximum Gasteiger partial charge on any atom is 0.313 e. The van der Waals surface area contributed by atoms with Crippen molar-refractivity contribution in [3.8, 4) is 0 Å². The maximum atomic E-state index is 10.8. The molecule has 1 heterocycles. The molecule has 0 saturated heterocycles. The number of benzene rings is 1. The number of halogens is 1. The first-order valence-corrected chi connectivity index (χ1v) is 8.43. The monoisotopic (exact) mass is 367 g/mol. The molecule has 0 aliphatic heterocycles. The van der Waals surface area contributed by atoms with Crippen LogP contribution in [-0.2, 0) is 11.3 Å². The summed E-state index contributed by atoms with van der Waals surface area (Å²) in [5.74, 6) is 0.609. The topological polar surface area (TPSA) is 68.0 Å². The minimum Gasteiger partial charge on any atom is -0.481 e. The van der Waals surface area contributed by atoms with Crippen LogP contribution in [0.5, 0.6) is 0 Å². The Bertz CT molecular complexity index is 670. The number of rotatable bonds is 6. The third kappa shape index (κ3) is 3.65. The van der Waals surface area contributed by atoms with Gasteiger partial charge in [-0.05, 0) is 30.5 Å². The Kier molecular flexibility index (Phi) is 4.30. The predicted octanol–water partition coefficient (Wildman–Crippen LogP) is 3.14. The van der Waals surface area contributed by atoms with Crippen LogP contribution in [-0.4, -0.2) is 31.6 Å². The number of carboxylic acid groups (broad SMARTS) is 1. The van der Waals surface area contributed by atoms with E-state index in [2.05, 4.69) is 32.2 Å². The van der Waals surface area contributed by atoms with E-state index in [0.717, 1.165) is 28.7 Å². The fourth-order valence-corrected chi connectivity index (χ4v) is 3.25. The summed E-state index contributed by atoms with van der Waals surface area (Å²) in [6.45, 7) is 0.667. The van der Waals surface area contributed by atoms with E-state index >= 15 is 0 Å². The van der Waals surface area contributed by atoms with Gasteiger partial charge in [0, 0.05) is 10.4 Å². The Balaban J connectivity index is 1.86. The zero-order valence-corrected chi connectivity index (χ0v) is 13.6. The van der Waals surface area contributed by atoms with Crippen molar-refractivity contribution in [2.45, 2.75) is 30.5 Å². The molecule has 1 aromatic heterocycles. The Hall–Kier alpha value is -1.34. The predicted molar refractivity (Wildman–Crippen MR) is 83.6 cm³/mol. The Morgan fingerprint density at radius 3 is 2.90 bits per heavy atom. The summed E-state index contributed by atoms with van der Waals surface area (Å²) >= 11 is 4.69. The van der Waals surface area contributed by atoms with E-state index in [1.807, 2.05) is 22.8 Å². The van der Waals surface area contributed by atoms with Crippen LogP contribution in [0.15, 0.2) is 33.9 Å². The summed E-state index contributed by atoms with van der Waals surface area (Å²) in [6, 6.07) is 8.08. The third-order valence-electron chi connectivity index (χ3n) is 3.24. The Morgan fingerprint density at radius 1 is 1.43 bits per heavy atom. The molecule has 0 atom stereocenters. The molecule has 1 saturated carbocycles. The molecule has 1 aliphatic rings. The summed E-state index contributed by atoms with van der Waals surface area (Å²) in [5.41, 5.74) is 1.14. The standard InChI is InChI=1S/C14H14BrN3O2S/c15-11-3-1-2-9(6-11)7-18-13(10-4-5-10)16-17-14(18)21-8-12(19)20/h1-3,6,10H,4-5,7-8H2,(H,19,20).